The van der Waals surface area contributed by atoms with Crippen LogP contribution in [0, 0.1) is 13.8 Å². The van der Waals surface area contributed by atoms with Crippen LogP contribution in [0.1, 0.15) is 41.1 Å². The van der Waals surface area contributed by atoms with Crippen LogP contribution in [0.4, 0.5) is 0 Å². The predicted octanol–water partition coefficient (Wildman–Crippen LogP) is 4.52. The van der Waals surface area contributed by atoms with Crippen molar-refractivity contribution in [2.24, 2.45) is 0 Å². The summed E-state index contributed by atoms with van der Waals surface area (Å²) in [6.07, 6.45) is 2.46. The summed E-state index contributed by atoms with van der Waals surface area (Å²) in [5.41, 5.74) is 5.36. The van der Waals surface area contributed by atoms with Gasteiger partial charge in [-0.15, -0.1) is 0 Å². The van der Waals surface area contributed by atoms with Crippen LogP contribution in [-0.4, -0.2) is 43.0 Å². The molecule has 0 spiro atoms. The number of fused-ring (bicyclic) bond motifs is 2. The van der Waals surface area contributed by atoms with Crippen LogP contribution in [0.5, 0.6) is 11.5 Å². The molecule has 0 bridgehead atoms. The van der Waals surface area contributed by atoms with E-state index < -0.39 is 0 Å². The van der Waals surface area contributed by atoms with Gasteiger partial charge in [0.2, 0.25) is 0 Å². The molecule has 2 aromatic rings. The van der Waals surface area contributed by atoms with Crippen molar-refractivity contribution in [3.8, 4) is 11.5 Å². The summed E-state index contributed by atoms with van der Waals surface area (Å²) in [5, 5.41) is 0. The molecule has 2 aliphatic rings. The van der Waals surface area contributed by atoms with Crippen LogP contribution in [-0.2, 0) is 0 Å². The molecule has 1 saturated heterocycles. The van der Waals surface area contributed by atoms with E-state index in [1.54, 1.807) is 0 Å². The molecule has 0 N–H and O–H groups in total. The van der Waals surface area contributed by atoms with Gasteiger partial charge in [0, 0.05) is 30.3 Å². The number of hydrogen-bond acceptors (Lipinski definition) is 3. The average molecular weight is 336 g/mol. The number of likely N-dealkylation sites (tertiary alicyclic amines) is 1. The van der Waals surface area contributed by atoms with Gasteiger partial charge in [-0.2, -0.15) is 0 Å². The third-order valence-corrected chi connectivity index (χ3v) is 5.93. The topological polar surface area (TPSA) is 15.7 Å². The van der Waals surface area contributed by atoms with Gasteiger partial charge >= 0.3 is 0 Å². The molecule has 0 atom stereocenters. The Labute approximate surface area is 151 Å². The maximum atomic E-state index is 6.28. The van der Waals surface area contributed by atoms with Gasteiger partial charge in [0.05, 0.1) is 6.04 Å². The monoisotopic (exact) mass is 336 g/mol. The highest BCUT2D eigenvalue weighted by Gasteiger charge is 2.36. The van der Waals surface area contributed by atoms with Gasteiger partial charge in [-0.25, -0.2) is 0 Å². The Balaban J connectivity index is 1.77. The largest absolute Gasteiger partial charge is 0.457 e. The minimum atomic E-state index is 0.310. The third kappa shape index (κ3) is 2.86. The lowest BCUT2D eigenvalue weighted by Crippen LogP contribution is -2.44. The fourth-order valence-corrected chi connectivity index (χ4v) is 4.47. The van der Waals surface area contributed by atoms with Crippen molar-refractivity contribution in [1.82, 2.24) is 9.80 Å². The van der Waals surface area contributed by atoms with Crippen LogP contribution in [0.25, 0.3) is 0 Å². The van der Waals surface area contributed by atoms with Gasteiger partial charge in [0.1, 0.15) is 11.5 Å². The standard InChI is InChI=1S/C22H28N2O/c1-15-7-5-9-18-20(15)22(21-16(2)8-6-10-19(21)25-18)24-13-11-17(12-14-24)23(3)4/h5-10,17,22H,11-14H2,1-4H3. The quantitative estimate of drug-likeness (QED) is 0.802. The SMILES string of the molecule is Cc1cccc2c1C(N1CCC(N(C)C)CC1)c1c(C)cccc1O2. The molecular formula is C22H28N2O. The zero-order valence-electron chi connectivity index (χ0n) is 15.7. The van der Waals surface area contributed by atoms with Gasteiger partial charge in [-0.1, -0.05) is 24.3 Å². The smallest absolute Gasteiger partial charge is 0.132 e. The molecule has 0 aromatic heterocycles. The third-order valence-electron chi connectivity index (χ3n) is 5.93. The highest BCUT2D eigenvalue weighted by atomic mass is 16.5. The van der Waals surface area contributed by atoms with Crippen molar-refractivity contribution in [3.63, 3.8) is 0 Å². The van der Waals surface area contributed by atoms with Gasteiger partial charge < -0.3 is 9.64 Å². The van der Waals surface area contributed by atoms with E-state index in [9.17, 15) is 0 Å². The van der Waals surface area contributed by atoms with E-state index in [1.807, 2.05) is 0 Å². The van der Waals surface area contributed by atoms with E-state index >= 15 is 0 Å². The molecule has 0 saturated carbocycles. The van der Waals surface area contributed by atoms with Crippen LogP contribution < -0.4 is 4.74 Å². The molecule has 0 unspecified atom stereocenters. The van der Waals surface area contributed by atoms with E-state index in [4.69, 9.17) is 4.74 Å². The van der Waals surface area contributed by atoms with Crippen molar-refractivity contribution in [2.75, 3.05) is 27.2 Å². The van der Waals surface area contributed by atoms with Gasteiger partial charge in [0.25, 0.3) is 0 Å². The van der Waals surface area contributed by atoms with E-state index in [2.05, 4.69) is 74.1 Å². The number of aryl methyl sites for hydroxylation is 2. The zero-order valence-corrected chi connectivity index (χ0v) is 15.7. The Morgan fingerprint density at radius 1 is 0.880 bits per heavy atom. The maximum absolute atomic E-state index is 6.28. The lowest BCUT2D eigenvalue weighted by molar-refractivity contribution is 0.117. The highest BCUT2D eigenvalue weighted by molar-refractivity contribution is 5.57. The van der Waals surface area contributed by atoms with Gasteiger partial charge in [0.15, 0.2) is 0 Å². The van der Waals surface area contributed by atoms with E-state index in [0.29, 0.717) is 12.1 Å². The van der Waals surface area contributed by atoms with Gasteiger partial charge in [-0.05, 0) is 64.0 Å². The van der Waals surface area contributed by atoms with Crippen LogP contribution >= 0.6 is 0 Å². The van der Waals surface area contributed by atoms with Crippen molar-refractivity contribution in [1.29, 1.82) is 0 Å². The zero-order chi connectivity index (χ0) is 17.6. The van der Waals surface area contributed by atoms with Crippen molar-refractivity contribution in [2.45, 2.75) is 38.8 Å². The Kier molecular flexibility index (Phi) is 4.30. The minimum absolute atomic E-state index is 0.310. The molecule has 0 amide bonds. The van der Waals surface area contributed by atoms with E-state index in [1.165, 1.54) is 35.1 Å². The summed E-state index contributed by atoms with van der Waals surface area (Å²) >= 11 is 0. The molecule has 3 heteroatoms. The normalized spacial score (nSPS) is 18.8. The molecule has 4 rings (SSSR count). The van der Waals surface area contributed by atoms with Crippen LogP contribution in [0.15, 0.2) is 36.4 Å². The first kappa shape index (κ1) is 16.6. The number of piperidine rings is 1. The molecule has 3 nitrogen and oxygen atoms in total. The average Bonchev–Trinajstić information content (AvgIpc) is 2.60. The fourth-order valence-electron chi connectivity index (χ4n) is 4.47. The molecular weight excluding hydrogens is 308 g/mol. The number of rotatable bonds is 2. The lowest BCUT2D eigenvalue weighted by atomic mass is 9.86. The second kappa shape index (κ2) is 6.47. The molecule has 2 aromatic carbocycles. The summed E-state index contributed by atoms with van der Waals surface area (Å²) in [4.78, 5) is 5.04. The Bertz CT molecular complexity index is 724. The molecule has 0 aliphatic carbocycles. The number of benzene rings is 2. The van der Waals surface area contributed by atoms with Crippen molar-refractivity contribution in [3.05, 3.63) is 58.7 Å². The maximum Gasteiger partial charge on any atom is 0.132 e. The fraction of sp³-hybridized carbons (Fsp3) is 0.455. The van der Waals surface area contributed by atoms with Crippen molar-refractivity contribution < 1.29 is 4.74 Å². The predicted molar refractivity (Wildman–Crippen MR) is 103 cm³/mol. The molecule has 2 heterocycles. The van der Waals surface area contributed by atoms with Crippen molar-refractivity contribution >= 4 is 0 Å². The molecule has 0 radical (unpaired) electrons. The Morgan fingerprint density at radius 2 is 1.40 bits per heavy atom. The van der Waals surface area contributed by atoms with Crippen LogP contribution in [0.2, 0.25) is 0 Å². The first-order valence-electron chi connectivity index (χ1n) is 9.33. The van der Waals surface area contributed by atoms with Crippen LogP contribution in [0.3, 0.4) is 0 Å². The summed E-state index contributed by atoms with van der Waals surface area (Å²) < 4.78 is 6.28. The highest BCUT2D eigenvalue weighted by Crippen LogP contribution is 2.48. The molecule has 2 aliphatic heterocycles. The van der Waals surface area contributed by atoms with E-state index in [0.717, 1.165) is 24.6 Å². The lowest BCUT2D eigenvalue weighted by Gasteiger charge is -2.43. The number of hydrogen-bond donors (Lipinski definition) is 0. The first-order chi connectivity index (χ1) is 12.1. The summed E-state index contributed by atoms with van der Waals surface area (Å²) in [5.74, 6) is 2.05. The molecule has 1 fully saturated rings. The minimum Gasteiger partial charge on any atom is -0.457 e. The second-order valence-electron chi connectivity index (χ2n) is 7.71. The summed E-state index contributed by atoms with van der Waals surface area (Å²) in [7, 11) is 4.40. The number of nitrogens with zero attached hydrogens (tertiary/aromatic N) is 2. The summed E-state index contributed by atoms with van der Waals surface area (Å²) in [6.45, 7) is 6.69. The molecule has 132 valence electrons. The van der Waals surface area contributed by atoms with E-state index in [-0.39, 0.29) is 0 Å². The Morgan fingerprint density at radius 3 is 1.88 bits per heavy atom. The Hall–Kier alpha value is -1.84. The first-order valence-corrected chi connectivity index (χ1v) is 9.33. The summed E-state index contributed by atoms with van der Waals surface area (Å²) in [6, 6.07) is 13.9. The van der Waals surface area contributed by atoms with Gasteiger partial charge in [-0.3, -0.25) is 4.90 Å². The number of ether oxygens (including phenoxy) is 1. The molecule has 25 heavy (non-hydrogen) atoms. The second-order valence-corrected chi connectivity index (χ2v) is 7.71.